The van der Waals surface area contributed by atoms with E-state index >= 15 is 0 Å². The monoisotopic (exact) mass is 384 g/mol. The molecule has 3 rings (SSSR count). The Labute approximate surface area is 167 Å². The van der Waals surface area contributed by atoms with Crippen molar-refractivity contribution >= 4 is 5.91 Å². The molecule has 28 heavy (non-hydrogen) atoms. The summed E-state index contributed by atoms with van der Waals surface area (Å²) < 4.78 is 7.31. The molecule has 1 N–H and O–H groups in total. The summed E-state index contributed by atoms with van der Waals surface area (Å²) in [5.74, 6) is 0.516. The molecule has 1 aliphatic rings. The van der Waals surface area contributed by atoms with Crippen LogP contribution in [-0.2, 0) is 11.3 Å². The first-order valence-electron chi connectivity index (χ1n) is 10.4. The molecule has 0 aliphatic carbocycles. The fourth-order valence-electron chi connectivity index (χ4n) is 3.97. The van der Waals surface area contributed by atoms with Crippen molar-refractivity contribution in [2.75, 3.05) is 32.8 Å². The number of rotatable bonds is 9. The van der Waals surface area contributed by atoms with E-state index in [-0.39, 0.29) is 5.91 Å². The molecule has 0 radical (unpaired) electrons. The second-order valence-corrected chi connectivity index (χ2v) is 7.41. The van der Waals surface area contributed by atoms with E-state index in [1.165, 1.54) is 5.56 Å². The Morgan fingerprint density at radius 3 is 2.57 bits per heavy atom. The lowest BCUT2D eigenvalue weighted by atomic mass is 9.92. The van der Waals surface area contributed by atoms with Crippen LogP contribution in [0.4, 0.5) is 0 Å². The van der Waals surface area contributed by atoms with E-state index in [9.17, 15) is 4.79 Å². The molecule has 6 nitrogen and oxygen atoms in total. The molecular weight excluding hydrogens is 352 g/mol. The summed E-state index contributed by atoms with van der Waals surface area (Å²) in [5, 5.41) is 7.49. The number of aromatic nitrogens is 2. The number of carbonyl (C=O) groups is 1. The number of hydrogen-bond donors (Lipinski definition) is 1. The second-order valence-electron chi connectivity index (χ2n) is 7.41. The number of amides is 1. The van der Waals surface area contributed by atoms with E-state index in [1.807, 2.05) is 29.1 Å². The van der Waals surface area contributed by atoms with Crippen LogP contribution < -0.4 is 5.32 Å². The fourth-order valence-corrected chi connectivity index (χ4v) is 3.97. The zero-order chi connectivity index (χ0) is 19.8. The molecular formula is C22H32N4O2. The molecule has 2 heterocycles. The standard InChI is InChI=1S/C22H32N4O2/c1-3-19(4-2)21(25-10-12-28-13-11-25)15-23-22(27)20-14-24-26(17-20)16-18-8-6-5-7-9-18/h5-9,14,17,19,21H,3-4,10-13,15-16H2,1-2H3,(H,23,27). The van der Waals surface area contributed by atoms with E-state index in [2.05, 4.69) is 41.3 Å². The molecule has 1 unspecified atom stereocenters. The van der Waals surface area contributed by atoms with Gasteiger partial charge in [-0.25, -0.2) is 0 Å². The zero-order valence-electron chi connectivity index (χ0n) is 17.0. The van der Waals surface area contributed by atoms with Crippen LogP contribution in [-0.4, -0.2) is 59.5 Å². The predicted octanol–water partition coefficient (Wildman–Crippen LogP) is 2.80. The molecule has 1 aromatic carbocycles. The Morgan fingerprint density at radius 1 is 1.18 bits per heavy atom. The van der Waals surface area contributed by atoms with E-state index in [4.69, 9.17) is 4.74 Å². The minimum Gasteiger partial charge on any atom is -0.379 e. The quantitative estimate of drug-likeness (QED) is 0.722. The van der Waals surface area contributed by atoms with Crippen molar-refractivity contribution in [3.05, 3.63) is 53.9 Å². The Morgan fingerprint density at radius 2 is 1.89 bits per heavy atom. The third-order valence-electron chi connectivity index (χ3n) is 5.66. The third-order valence-corrected chi connectivity index (χ3v) is 5.66. The maximum Gasteiger partial charge on any atom is 0.254 e. The molecule has 152 valence electrons. The number of nitrogens with zero attached hydrogens (tertiary/aromatic N) is 3. The molecule has 1 aliphatic heterocycles. The van der Waals surface area contributed by atoms with Gasteiger partial charge in [0.25, 0.3) is 5.91 Å². The average molecular weight is 385 g/mol. The van der Waals surface area contributed by atoms with Crippen LogP contribution in [0.15, 0.2) is 42.7 Å². The van der Waals surface area contributed by atoms with Gasteiger partial charge in [-0.1, -0.05) is 57.0 Å². The number of ether oxygens (including phenoxy) is 1. The summed E-state index contributed by atoms with van der Waals surface area (Å²) in [6.07, 6.45) is 5.70. The maximum atomic E-state index is 12.7. The van der Waals surface area contributed by atoms with E-state index in [0.29, 0.717) is 30.6 Å². The molecule has 1 aromatic heterocycles. The molecule has 1 fully saturated rings. The van der Waals surface area contributed by atoms with Crippen molar-refractivity contribution in [3.8, 4) is 0 Å². The highest BCUT2D eigenvalue weighted by Crippen LogP contribution is 2.19. The molecule has 2 aromatic rings. The van der Waals surface area contributed by atoms with Gasteiger partial charge in [0.2, 0.25) is 0 Å². The van der Waals surface area contributed by atoms with Crippen LogP contribution in [0.1, 0.15) is 42.6 Å². The van der Waals surface area contributed by atoms with Crippen LogP contribution in [0.25, 0.3) is 0 Å². The van der Waals surface area contributed by atoms with Crippen LogP contribution in [0.5, 0.6) is 0 Å². The molecule has 1 saturated heterocycles. The van der Waals surface area contributed by atoms with Gasteiger partial charge in [0.1, 0.15) is 0 Å². The van der Waals surface area contributed by atoms with Crippen molar-refractivity contribution in [2.45, 2.75) is 39.3 Å². The van der Waals surface area contributed by atoms with Gasteiger partial charge in [0, 0.05) is 31.9 Å². The highest BCUT2D eigenvalue weighted by Gasteiger charge is 2.27. The molecule has 6 heteroatoms. The van der Waals surface area contributed by atoms with Gasteiger partial charge in [0.15, 0.2) is 0 Å². The van der Waals surface area contributed by atoms with Crippen LogP contribution in [0.3, 0.4) is 0 Å². The van der Waals surface area contributed by atoms with Gasteiger partial charge in [0.05, 0.1) is 31.5 Å². The largest absolute Gasteiger partial charge is 0.379 e. The summed E-state index contributed by atoms with van der Waals surface area (Å²) in [6, 6.07) is 10.5. The van der Waals surface area contributed by atoms with Gasteiger partial charge >= 0.3 is 0 Å². The lowest BCUT2D eigenvalue weighted by molar-refractivity contribution is 0.00191. The van der Waals surface area contributed by atoms with Gasteiger partial charge in [-0.2, -0.15) is 5.10 Å². The summed E-state index contributed by atoms with van der Waals surface area (Å²) in [5.41, 5.74) is 1.78. The molecule has 0 bridgehead atoms. The zero-order valence-corrected chi connectivity index (χ0v) is 17.0. The van der Waals surface area contributed by atoms with Crippen LogP contribution in [0.2, 0.25) is 0 Å². The topological polar surface area (TPSA) is 59.4 Å². The Balaban J connectivity index is 1.59. The summed E-state index contributed by atoms with van der Waals surface area (Å²) >= 11 is 0. The van der Waals surface area contributed by atoms with Gasteiger partial charge in [-0.05, 0) is 11.5 Å². The number of hydrogen-bond acceptors (Lipinski definition) is 4. The molecule has 0 spiro atoms. The van der Waals surface area contributed by atoms with Crippen molar-refractivity contribution in [2.24, 2.45) is 5.92 Å². The first-order valence-corrected chi connectivity index (χ1v) is 10.4. The third kappa shape index (κ3) is 5.42. The second kappa shape index (κ2) is 10.4. The van der Waals surface area contributed by atoms with E-state index in [0.717, 1.165) is 39.1 Å². The van der Waals surface area contributed by atoms with Crippen LogP contribution >= 0.6 is 0 Å². The predicted molar refractivity (Wildman–Crippen MR) is 110 cm³/mol. The molecule has 0 saturated carbocycles. The molecule has 1 amide bonds. The van der Waals surface area contributed by atoms with Crippen molar-refractivity contribution in [1.29, 1.82) is 0 Å². The summed E-state index contributed by atoms with van der Waals surface area (Å²) in [7, 11) is 0. The highest BCUT2D eigenvalue weighted by atomic mass is 16.5. The van der Waals surface area contributed by atoms with Crippen molar-refractivity contribution < 1.29 is 9.53 Å². The lowest BCUT2D eigenvalue weighted by Crippen LogP contribution is -2.52. The Bertz CT molecular complexity index is 721. The van der Waals surface area contributed by atoms with Gasteiger partial charge < -0.3 is 10.1 Å². The fraction of sp³-hybridized carbons (Fsp3) is 0.545. The highest BCUT2D eigenvalue weighted by molar-refractivity contribution is 5.93. The van der Waals surface area contributed by atoms with Gasteiger partial charge in [-0.15, -0.1) is 0 Å². The van der Waals surface area contributed by atoms with Crippen molar-refractivity contribution in [3.63, 3.8) is 0 Å². The number of morpholine rings is 1. The van der Waals surface area contributed by atoms with Gasteiger partial charge in [-0.3, -0.25) is 14.4 Å². The van der Waals surface area contributed by atoms with Crippen LogP contribution in [0, 0.1) is 5.92 Å². The maximum absolute atomic E-state index is 12.7. The minimum atomic E-state index is -0.0523. The molecule has 1 atom stereocenters. The summed E-state index contributed by atoms with van der Waals surface area (Å²) in [4.78, 5) is 15.2. The normalized spacial score (nSPS) is 16.2. The smallest absolute Gasteiger partial charge is 0.254 e. The van der Waals surface area contributed by atoms with Crippen molar-refractivity contribution in [1.82, 2.24) is 20.0 Å². The summed E-state index contributed by atoms with van der Waals surface area (Å²) in [6.45, 7) is 9.22. The minimum absolute atomic E-state index is 0.0523. The first kappa shape index (κ1) is 20.6. The lowest BCUT2D eigenvalue weighted by Gasteiger charge is -2.38. The average Bonchev–Trinajstić information content (AvgIpc) is 3.21. The van der Waals surface area contributed by atoms with E-state index in [1.54, 1.807) is 6.20 Å². The number of nitrogens with one attached hydrogen (secondary N) is 1. The Kier molecular flexibility index (Phi) is 7.62. The first-order chi connectivity index (χ1) is 13.7. The number of carbonyl (C=O) groups excluding carboxylic acids is 1. The van der Waals surface area contributed by atoms with E-state index < -0.39 is 0 Å². The SMILES string of the molecule is CCC(CC)C(CNC(=O)c1cnn(Cc2ccccc2)c1)N1CCOCC1. The Hall–Kier alpha value is -2.18. The number of benzene rings is 1.